The van der Waals surface area contributed by atoms with Gasteiger partial charge in [-0.05, 0) is 63.1 Å². The lowest BCUT2D eigenvalue weighted by molar-refractivity contribution is 0.00857. The van der Waals surface area contributed by atoms with Crippen LogP contribution in [-0.4, -0.2) is 43.2 Å². The maximum atomic E-state index is 12.7. The molecule has 0 bridgehead atoms. The molecule has 5 heteroatoms. The van der Waals surface area contributed by atoms with E-state index in [1.807, 2.05) is 4.90 Å². The molecule has 3 rings (SSSR count). The summed E-state index contributed by atoms with van der Waals surface area (Å²) in [4.78, 5) is 17.2. The van der Waals surface area contributed by atoms with Crippen LogP contribution >= 0.6 is 11.3 Å². The predicted octanol–water partition coefficient (Wildman–Crippen LogP) is 2.99. The van der Waals surface area contributed by atoms with Crippen molar-refractivity contribution >= 4 is 17.2 Å². The van der Waals surface area contributed by atoms with E-state index in [0.717, 1.165) is 56.7 Å². The number of nitrogens with zero attached hydrogens (tertiary/aromatic N) is 1. The number of piperidine rings is 1. The molecular weight excluding hydrogens is 308 g/mol. The monoisotopic (exact) mass is 336 g/mol. The third kappa shape index (κ3) is 4.34. The molecule has 0 unspecified atom stereocenters. The Morgan fingerprint density at radius 2 is 2.04 bits per heavy atom. The molecule has 0 atom stereocenters. The van der Waals surface area contributed by atoms with Gasteiger partial charge in [0.2, 0.25) is 0 Å². The third-order valence-electron chi connectivity index (χ3n) is 4.89. The summed E-state index contributed by atoms with van der Waals surface area (Å²) in [6.45, 7) is 3.05. The van der Waals surface area contributed by atoms with Gasteiger partial charge in [-0.2, -0.15) is 0 Å². The zero-order valence-corrected chi connectivity index (χ0v) is 14.7. The van der Waals surface area contributed by atoms with Crippen LogP contribution < -0.4 is 5.73 Å². The van der Waals surface area contributed by atoms with E-state index in [1.54, 1.807) is 11.3 Å². The van der Waals surface area contributed by atoms with Crippen molar-refractivity contribution < 1.29 is 9.53 Å². The van der Waals surface area contributed by atoms with Crippen LogP contribution in [0.4, 0.5) is 0 Å². The van der Waals surface area contributed by atoms with Gasteiger partial charge in [-0.1, -0.05) is 6.42 Å². The van der Waals surface area contributed by atoms with Crippen molar-refractivity contribution in [2.75, 3.05) is 26.2 Å². The standard InChI is InChI=1S/C18H28N2O2S/c19-9-4-12-22-15-7-10-20(11-8-15)18(21)17-13-14-5-2-1-3-6-16(14)23-17/h13,15H,1-12,19H2. The molecule has 0 radical (unpaired) electrons. The molecule has 23 heavy (non-hydrogen) atoms. The number of amides is 1. The first-order valence-corrected chi connectivity index (χ1v) is 9.82. The zero-order valence-electron chi connectivity index (χ0n) is 13.9. The van der Waals surface area contributed by atoms with Crippen molar-refractivity contribution in [1.29, 1.82) is 0 Å². The van der Waals surface area contributed by atoms with Gasteiger partial charge in [0.25, 0.3) is 5.91 Å². The second-order valence-electron chi connectivity index (χ2n) is 6.62. The van der Waals surface area contributed by atoms with Crippen LogP contribution in [0.15, 0.2) is 6.07 Å². The Morgan fingerprint density at radius 1 is 1.26 bits per heavy atom. The van der Waals surface area contributed by atoms with Crippen LogP contribution in [0.3, 0.4) is 0 Å². The molecule has 4 nitrogen and oxygen atoms in total. The number of aryl methyl sites for hydroxylation is 2. The first-order valence-electron chi connectivity index (χ1n) is 9.00. The van der Waals surface area contributed by atoms with E-state index in [4.69, 9.17) is 10.5 Å². The highest BCUT2D eigenvalue weighted by Gasteiger charge is 2.26. The van der Waals surface area contributed by atoms with Crippen molar-refractivity contribution in [2.45, 2.75) is 57.5 Å². The summed E-state index contributed by atoms with van der Waals surface area (Å²) < 4.78 is 5.82. The fraction of sp³-hybridized carbons (Fsp3) is 0.722. The van der Waals surface area contributed by atoms with Crippen LogP contribution in [0.5, 0.6) is 0 Å². The molecular formula is C18H28N2O2S. The van der Waals surface area contributed by atoms with Gasteiger partial charge >= 0.3 is 0 Å². The van der Waals surface area contributed by atoms with Crippen molar-refractivity contribution in [3.05, 3.63) is 21.4 Å². The fourth-order valence-electron chi connectivity index (χ4n) is 3.49. The van der Waals surface area contributed by atoms with Gasteiger partial charge in [0, 0.05) is 24.6 Å². The largest absolute Gasteiger partial charge is 0.378 e. The summed E-state index contributed by atoms with van der Waals surface area (Å²) in [5.74, 6) is 0.225. The SMILES string of the molecule is NCCCOC1CCN(C(=O)c2cc3c(s2)CCCCC3)CC1. The Morgan fingerprint density at radius 3 is 2.83 bits per heavy atom. The summed E-state index contributed by atoms with van der Waals surface area (Å²) in [6.07, 6.45) is 9.27. The number of ether oxygens (including phenoxy) is 1. The van der Waals surface area contributed by atoms with Gasteiger partial charge in [0.15, 0.2) is 0 Å². The van der Waals surface area contributed by atoms with Gasteiger partial charge in [0.1, 0.15) is 0 Å². The van der Waals surface area contributed by atoms with E-state index in [2.05, 4.69) is 6.07 Å². The Hall–Kier alpha value is -0.910. The topological polar surface area (TPSA) is 55.6 Å². The molecule has 0 spiro atoms. The Bertz CT molecular complexity index is 498. The van der Waals surface area contributed by atoms with Gasteiger partial charge in [-0.25, -0.2) is 0 Å². The highest BCUT2D eigenvalue weighted by Crippen LogP contribution is 2.30. The van der Waals surface area contributed by atoms with Crippen LogP contribution in [0.25, 0.3) is 0 Å². The molecule has 2 N–H and O–H groups in total. The van der Waals surface area contributed by atoms with E-state index in [1.165, 1.54) is 29.7 Å². The van der Waals surface area contributed by atoms with Gasteiger partial charge in [-0.15, -0.1) is 11.3 Å². The van der Waals surface area contributed by atoms with E-state index >= 15 is 0 Å². The molecule has 1 saturated heterocycles. The normalized spacial score (nSPS) is 19.4. The molecule has 1 amide bonds. The van der Waals surface area contributed by atoms with Gasteiger partial charge < -0.3 is 15.4 Å². The zero-order chi connectivity index (χ0) is 16.1. The van der Waals surface area contributed by atoms with Crippen LogP contribution in [0, 0.1) is 0 Å². The van der Waals surface area contributed by atoms with Crippen molar-refractivity contribution in [3.63, 3.8) is 0 Å². The van der Waals surface area contributed by atoms with Crippen LogP contribution in [-0.2, 0) is 17.6 Å². The van der Waals surface area contributed by atoms with Gasteiger partial charge in [-0.3, -0.25) is 4.79 Å². The minimum atomic E-state index is 0.225. The quantitative estimate of drug-likeness (QED) is 0.664. The number of thiophene rings is 1. The molecule has 2 aliphatic rings. The van der Waals surface area contributed by atoms with Crippen molar-refractivity contribution in [3.8, 4) is 0 Å². The highest BCUT2D eigenvalue weighted by molar-refractivity contribution is 7.14. The maximum absolute atomic E-state index is 12.7. The molecule has 0 saturated carbocycles. The summed E-state index contributed by atoms with van der Waals surface area (Å²) in [5.41, 5.74) is 6.92. The predicted molar refractivity (Wildman–Crippen MR) is 94.1 cm³/mol. The lowest BCUT2D eigenvalue weighted by atomic mass is 10.1. The molecule has 1 fully saturated rings. The summed E-state index contributed by atoms with van der Waals surface area (Å²) in [7, 11) is 0. The minimum Gasteiger partial charge on any atom is -0.378 e. The number of nitrogens with two attached hydrogens (primary N) is 1. The number of likely N-dealkylation sites (tertiary alicyclic amines) is 1. The number of fused-ring (bicyclic) bond motifs is 1. The molecule has 0 aromatic carbocycles. The molecule has 128 valence electrons. The highest BCUT2D eigenvalue weighted by atomic mass is 32.1. The number of carbonyl (C=O) groups is 1. The fourth-order valence-corrected chi connectivity index (χ4v) is 4.71. The Balaban J connectivity index is 1.53. The van der Waals surface area contributed by atoms with Crippen LogP contribution in [0.1, 0.15) is 58.6 Å². The minimum absolute atomic E-state index is 0.225. The van der Waals surface area contributed by atoms with E-state index < -0.39 is 0 Å². The van der Waals surface area contributed by atoms with Gasteiger partial charge in [0.05, 0.1) is 11.0 Å². The second-order valence-corrected chi connectivity index (χ2v) is 7.76. The van der Waals surface area contributed by atoms with Crippen LogP contribution in [0.2, 0.25) is 0 Å². The summed E-state index contributed by atoms with van der Waals surface area (Å²) >= 11 is 1.73. The van der Waals surface area contributed by atoms with Crippen molar-refractivity contribution in [1.82, 2.24) is 4.90 Å². The first-order chi connectivity index (χ1) is 11.3. The van der Waals surface area contributed by atoms with Crippen molar-refractivity contribution in [2.24, 2.45) is 5.73 Å². The molecule has 1 aliphatic carbocycles. The summed E-state index contributed by atoms with van der Waals surface area (Å²) in [5, 5.41) is 0. The first kappa shape index (κ1) is 16.9. The Kier molecular flexibility index (Phi) is 6.08. The summed E-state index contributed by atoms with van der Waals surface area (Å²) in [6, 6.07) is 2.16. The molecule has 2 heterocycles. The van der Waals surface area contributed by atoms with E-state index in [0.29, 0.717) is 12.6 Å². The lowest BCUT2D eigenvalue weighted by Crippen LogP contribution is -2.40. The van der Waals surface area contributed by atoms with E-state index in [9.17, 15) is 4.79 Å². The average molecular weight is 337 g/mol. The molecule has 1 aromatic heterocycles. The van der Waals surface area contributed by atoms with E-state index in [-0.39, 0.29) is 5.91 Å². The molecule has 1 aliphatic heterocycles. The number of carbonyl (C=O) groups excluding carboxylic acids is 1. The smallest absolute Gasteiger partial charge is 0.263 e. The lowest BCUT2D eigenvalue weighted by Gasteiger charge is -2.31. The average Bonchev–Trinajstić information content (AvgIpc) is 2.86. The number of hydrogen-bond donors (Lipinski definition) is 1. The molecule has 1 aromatic rings. The Labute approximate surface area is 143 Å². The number of rotatable bonds is 5. The number of hydrogen-bond acceptors (Lipinski definition) is 4. The maximum Gasteiger partial charge on any atom is 0.263 e. The second kappa shape index (κ2) is 8.27. The third-order valence-corrected chi connectivity index (χ3v) is 6.11.